The number of pyridine rings is 1. The van der Waals surface area contributed by atoms with Crippen LogP contribution >= 0.6 is 35.6 Å². The monoisotopic (exact) mass is 501 g/mol. The van der Waals surface area contributed by atoms with Gasteiger partial charge < -0.3 is 10.6 Å². The first-order chi connectivity index (χ1) is 11.4. The van der Waals surface area contributed by atoms with Gasteiger partial charge in [-0.15, -0.1) is 24.0 Å². The first kappa shape index (κ1) is 22.4. The van der Waals surface area contributed by atoms with E-state index in [0.717, 1.165) is 30.9 Å². The summed E-state index contributed by atoms with van der Waals surface area (Å²) in [7, 11) is -1.36. The molecular formula is C15H25ClIN5O2S. The normalized spacial score (nSPS) is 18.7. The van der Waals surface area contributed by atoms with Gasteiger partial charge in [0.1, 0.15) is 5.15 Å². The molecule has 1 aliphatic heterocycles. The van der Waals surface area contributed by atoms with Gasteiger partial charge >= 0.3 is 0 Å². The van der Waals surface area contributed by atoms with E-state index in [0.29, 0.717) is 30.7 Å². The molecule has 0 spiro atoms. The van der Waals surface area contributed by atoms with Crippen LogP contribution in [0.4, 0.5) is 0 Å². The number of hydrogen-bond acceptors (Lipinski definition) is 4. The lowest BCUT2D eigenvalue weighted by molar-refractivity contribution is 0.459. The van der Waals surface area contributed by atoms with E-state index in [9.17, 15) is 8.42 Å². The Labute approximate surface area is 171 Å². The molecule has 7 nitrogen and oxygen atoms in total. The van der Waals surface area contributed by atoms with Crippen molar-refractivity contribution in [2.75, 3.05) is 39.5 Å². The van der Waals surface area contributed by atoms with E-state index < -0.39 is 10.0 Å². The number of halogens is 2. The predicted octanol–water partition coefficient (Wildman–Crippen LogP) is 1.34. The number of nitrogens with zero attached hydrogens (tertiary/aromatic N) is 3. The van der Waals surface area contributed by atoms with Crippen molar-refractivity contribution in [3.05, 3.63) is 29.0 Å². The number of aliphatic imine (C=N–C) groups is 1. The van der Waals surface area contributed by atoms with Crippen molar-refractivity contribution in [1.29, 1.82) is 0 Å². The molecule has 0 aliphatic carbocycles. The molecule has 25 heavy (non-hydrogen) atoms. The van der Waals surface area contributed by atoms with Gasteiger partial charge in [-0.25, -0.2) is 17.7 Å². The van der Waals surface area contributed by atoms with Crippen LogP contribution in [0.3, 0.4) is 0 Å². The molecule has 0 aromatic carbocycles. The number of rotatable bonds is 6. The highest BCUT2D eigenvalue weighted by Gasteiger charge is 2.28. The van der Waals surface area contributed by atoms with Crippen LogP contribution in [0.1, 0.15) is 12.0 Å². The summed E-state index contributed by atoms with van der Waals surface area (Å²) in [5.74, 6) is 1.02. The van der Waals surface area contributed by atoms with Crippen molar-refractivity contribution in [2.45, 2.75) is 12.8 Å². The van der Waals surface area contributed by atoms with Crippen LogP contribution in [0.2, 0.25) is 5.15 Å². The Hall–Kier alpha value is -0.650. The molecule has 0 saturated carbocycles. The molecule has 1 aromatic heterocycles. The molecule has 1 fully saturated rings. The molecule has 1 atom stereocenters. The van der Waals surface area contributed by atoms with E-state index in [4.69, 9.17) is 11.6 Å². The maximum absolute atomic E-state index is 11.5. The first-order valence-corrected chi connectivity index (χ1v) is 10.1. The molecule has 2 heterocycles. The van der Waals surface area contributed by atoms with Gasteiger partial charge in [0.25, 0.3) is 0 Å². The molecule has 1 aliphatic rings. The standard InChI is InChI=1S/C15H24ClN5O2S.HI/c1-17-15(18-7-5-12-3-4-14(16)19-9-12)20-10-13-6-8-21(11-13)24(2,22)23;/h3-4,9,13H,5-8,10-11H2,1-2H3,(H2,17,18,20);1H. The summed E-state index contributed by atoms with van der Waals surface area (Å²) in [5.41, 5.74) is 1.10. The first-order valence-electron chi connectivity index (χ1n) is 7.88. The minimum absolute atomic E-state index is 0. The van der Waals surface area contributed by atoms with Gasteiger partial charge in [-0.3, -0.25) is 4.99 Å². The Morgan fingerprint density at radius 3 is 2.76 bits per heavy atom. The third-order valence-electron chi connectivity index (χ3n) is 3.99. The van der Waals surface area contributed by atoms with Crippen molar-refractivity contribution >= 4 is 51.6 Å². The van der Waals surface area contributed by atoms with Gasteiger partial charge in [-0.2, -0.15) is 0 Å². The lowest BCUT2D eigenvalue weighted by atomic mass is 10.1. The quantitative estimate of drug-likeness (QED) is 0.266. The minimum Gasteiger partial charge on any atom is -0.356 e. The Kier molecular flexibility index (Phi) is 9.39. The number of guanidine groups is 1. The predicted molar refractivity (Wildman–Crippen MR) is 112 cm³/mol. The van der Waals surface area contributed by atoms with Gasteiger partial charge in [-0.05, 0) is 30.4 Å². The molecule has 1 aromatic rings. The summed E-state index contributed by atoms with van der Waals surface area (Å²) in [6.45, 7) is 2.59. The van der Waals surface area contributed by atoms with Crippen LogP contribution in [0.25, 0.3) is 0 Å². The second-order valence-corrected chi connectivity index (χ2v) is 8.26. The highest BCUT2D eigenvalue weighted by Crippen LogP contribution is 2.17. The molecule has 2 rings (SSSR count). The third kappa shape index (κ3) is 7.63. The fraction of sp³-hybridized carbons (Fsp3) is 0.600. The highest BCUT2D eigenvalue weighted by atomic mass is 127. The molecule has 0 amide bonds. The average Bonchev–Trinajstić information content (AvgIpc) is 3.01. The Morgan fingerprint density at radius 1 is 1.44 bits per heavy atom. The highest BCUT2D eigenvalue weighted by molar-refractivity contribution is 14.0. The lowest BCUT2D eigenvalue weighted by Gasteiger charge is -2.16. The van der Waals surface area contributed by atoms with Crippen molar-refractivity contribution in [3.8, 4) is 0 Å². The summed E-state index contributed by atoms with van der Waals surface area (Å²) < 4.78 is 24.6. The Balaban J connectivity index is 0.00000312. The van der Waals surface area contributed by atoms with Crippen LogP contribution in [-0.4, -0.2) is 63.1 Å². The van der Waals surface area contributed by atoms with E-state index in [-0.39, 0.29) is 24.0 Å². The molecule has 2 N–H and O–H groups in total. The minimum atomic E-state index is -3.08. The van der Waals surface area contributed by atoms with Crippen LogP contribution < -0.4 is 10.6 Å². The number of hydrogen-bond donors (Lipinski definition) is 2. The van der Waals surface area contributed by atoms with Crippen molar-refractivity contribution in [1.82, 2.24) is 19.9 Å². The Bertz CT molecular complexity index is 669. The third-order valence-corrected chi connectivity index (χ3v) is 5.49. The second kappa shape index (κ2) is 10.5. The van der Waals surface area contributed by atoms with Crippen LogP contribution in [0.5, 0.6) is 0 Å². The molecule has 10 heteroatoms. The zero-order chi connectivity index (χ0) is 17.6. The summed E-state index contributed by atoms with van der Waals surface area (Å²) in [5, 5.41) is 6.99. The maximum Gasteiger partial charge on any atom is 0.211 e. The van der Waals surface area contributed by atoms with E-state index in [2.05, 4.69) is 20.6 Å². The zero-order valence-electron chi connectivity index (χ0n) is 14.4. The number of sulfonamides is 1. The largest absolute Gasteiger partial charge is 0.356 e. The van der Waals surface area contributed by atoms with Crippen LogP contribution in [-0.2, 0) is 16.4 Å². The average molecular weight is 502 g/mol. The molecule has 1 unspecified atom stereocenters. The zero-order valence-corrected chi connectivity index (χ0v) is 18.3. The van der Waals surface area contributed by atoms with E-state index in [1.54, 1.807) is 19.3 Å². The number of nitrogens with one attached hydrogen (secondary N) is 2. The van der Waals surface area contributed by atoms with Crippen molar-refractivity contribution in [2.24, 2.45) is 10.9 Å². The lowest BCUT2D eigenvalue weighted by Crippen LogP contribution is -2.41. The topological polar surface area (TPSA) is 86.7 Å². The molecule has 142 valence electrons. The van der Waals surface area contributed by atoms with E-state index in [1.165, 1.54) is 10.6 Å². The smallest absolute Gasteiger partial charge is 0.211 e. The summed E-state index contributed by atoms with van der Waals surface area (Å²) in [4.78, 5) is 8.24. The van der Waals surface area contributed by atoms with Crippen LogP contribution in [0, 0.1) is 5.92 Å². The Morgan fingerprint density at radius 2 is 2.20 bits per heavy atom. The molecule has 1 saturated heterocycles. The number of aromatic nitrogens is 1. The van der Waals surface area contributed by atoms with Gasteiger partial charge in [0.05, 0.1) is 6.26 Å². The van der Waals surface area contributed by atoms with Crippen LogP contribution in [0.15, 0.2) is 23.3 Å². The molecule has 0 bridgehead atoms. The van der Waals surface area contributed by atoms with Gasteiger partial charge in [0.2, 0.25) is 10.0 Å². The maximum atomic E-state index is 11.5. The SMILES string of the molecule is CN=C(NCCc1ccc(Cl)nc1)NCC1CCN(S(C)(=O)=O)C1.I. The van der Waals surface area contributed by atoms with Gasteiger partial charge in [0.15, 0.2) is 5.96 Å². The molecular weight excluding hydrogens is 477 g/mol. The van der Waals surface area contributed by atoms with Crippen molar-refractivity contribution in [3.63, 3.8) is 0 Å². The second-order valence-electron chi connectivity index (χ2n) is 5.89. The fourth-order valence-corrected chi connectivity index (χ4v) is 3.64. The molecule has 0 radical (unpaired) electrons. The van der Waals surface area contributed by atoms with Crippen molar-refractivity contribution < 1.29 is 8.42 Å². The van der Waals surface area contributed by atoms with Gasteiger partial charge in [0, 0.05) is 39.4 Å². The summed E-state index contributed by atoms with van der Waals surface area (Å²) in [6.07, 6.45) is 4.71. The van der Waals surface area contributed by atoms with Gasteiger partial charge in [-0.1, -0.05) is 17.7 Å². The fourth-order valence-electron chi connectivity index (χ4n) is 2.61. The summed E-state index contributed by atoms with van der Waals surface area (Å²) in [6, 6.07) is 3.73. The van der Waals surface area contributed by atoms with E-state index >= 15 is 0 Å². The summed E-state index contributed by atoms with van der Waals surface area (Å²) >= 11 is 5.76. The van der Waals surface area contributed by atoms with E-state index in [1.807, 2.05) is 6.07 Å².